The highest BCUT2D eigenvalue weighted by molar-refractivity contribution is 5.77. The summed E-state index contributed by atoms with van der Waals surface area (Å²) in [6.45, 7) is 1.97. The molecule has 0 radical (unpaired) electrons. The van der Waals surface area contributed by atoms with E-state index in [-0.39, 0.29) is 11.3 Å². The van der Waals surface area contributed by atoms with Crippen LogP contribution in [-0.4, -0.2) is 30.3 Å². The van der Waals surface area contributed by atoms with Gasteiger partial charge in [0.15, 0.2) is 0 Å². The van der Waals surface area contributed by atoms with Gasteiger partial charge in [0.05, 0.1) is 0 Å². The van der Waals surface area contributed by atoms with Gasteiger partial charge in [0, 0.05) is 11.8 Å². The summed E-state index contributed by atoms with van der Waals surface area (Å²) in [5.74, 6) is 0.361. The molecule has 1 aromatic carbocycles. The van der Waals surface area contributed by atoms with Crippen LogP contribution in [0.2, 0.25) is 0 Å². The summed E-state index contributed by atoms with van der Waals surface area (Å²) in [4.78, 5) is 11.6. The Morgan fingerprint density at radius 3 is 2.50 bits per heavy atom. The van der Waals surface area contributed by atoms with Crippen LogP contribution in [-0.2, 0) is 10.2 Å². The van der Waals surface area contributed by atoms with Gasteiger partial charge in [-0.25, -0.2) is 0 Å². The first-order valence-electron chi connectivity index (χ1n) is 7.47. The monoisotopic (exact) mass is 274 g/mol. The summed E-state index contributed by atoms with van der Waals surface area (Å²) in [6.07, 6.45) is 2.53. The van der Waals surface area contributed by atoms with Gasteiger partial charge in [0.25, 0.3) is 0 Å². The molecule has 108 valence electrons. The third-order valence-electron chi connectivity index (χ3n) is 4.93. The van der Waals surface area contributed by atoms with E-state index in [1.807, 2.05) is 18.2 Å². The second-order valence-corrected chi connectivity index (χ2v) is 5.90. The lowest BCUT2D eigenvalue weighted by Crippen LogP contribution is -2.59. The van der Waals surface area contributed by atoms with Gasteiger partial charge in [-0.3, -0.25) is 4.79 Å². The maximum atomic E-state index is 11.6. The summed E-state index contributed by atoms with van der Waals surface area (Å²) >= 11 is 0. The zero-order valence-electron chi connectivity index (χ0n) is 11.6. The van der Waals surface area contributed by atoms with Crippen molar-refractivity contribution in [3.05, 3.63) is 35.9 Å². The smallest absolute Gasteiger partial charge is 0.222 e. The molecule has 1 amide bonds. The van der Waals surface area contributed by atoms with Crippen LogP contribution in [0, 0.1) is 5.92 Å². The SMILES string of the molecule is O=C1CCC(c2ccccc2)(C2CCNCC2)C(O)N1. The molecule has 0 spiro atoms. The number of carbonyl (C=O) groups excluding carboxylic acids is 1. The van der Waals surface area contributed by atoms with Crippen molar-refractivity contribution in [1.82, 2.24) is 10.6 Å². The van der Waals surface area contributed by atoms with Crippen molar-refractivity contribution >= 4 is 5.91 Å². The van der Waals surface area contributed by atoms with Gasteiger partial charge in [0.2, 0.25) is 5.91 Å². The Morgan fingerprint density at radius 1 is 1.15 bits per heavy atom. The predicted molar refractivity (Wildman–Crippen MR) is 77.1 cm³/mol. The molecular weight excluding hydrogens is 252 g/mol. The molecule has 0 aromatic heterocycles. The number of aliphatic hydroxyl groups is 1. The predicted octanol–water partition coefficient (Wildman–Crippen LogP) is 1.15. The Bertz CT molecular complexity index is 471. The lowest BCUT2D eigenvalue weighted by molar-refractivity contribution is -0.133. The third-order valence-corrected chi connectivity index (χ3v) is 4.93. The van der Waals surface area contributed by atoms with E-state index in [1.54, 1.807) is 0 Å². The van der Waals surface area contributed by atoms with Crippen molar-refractivity contribution in [1.29, 1.82) is 0 Å². The molecule has 3 N–H and O–H groups in total. The molecule has 2 heterocycles. The van der Waals surface area contributed by atoms with E-state index in [9.17, 15) is 9.90 Å². The highest BCUT2D eigenvalue weighted by atomic mass is 16.3. The van der Waals surface area contributed by atoms with E-state index in [4.69, 9.17) is 0 Å². The van der Waals surface area contributed by atoms with Gasteiger partial charge < -0.3 is 15.7 Å². The first-order chi connectivity index (χ1) is 9.73. The quantitative estimate of drug-likeness (QED) is 0.758. The second kappa shape index (κ2) is 5.54. The first-order valence-corrected chi connectivity index (χ1v) is 7.47. The lowest BCUT2D eigenvalue weighted by Gasteiger charge is -2.48. The summed E-state index contributed by atoms with van der Waals surface area (Å²) in [5.41, 5.74) is 0.816. The van der Waals surface area contributed by atoms with Crippen molar-refractivity contribution in [3.63, 3.8) is 0 Å². The number of aliphatic hydroxyl groups excluding tert-OH is 1. The van der Waals surface area contributed by atoms with Crippen molar-refractivity contribution in [2.75, 3.05) is 13.1 Å². The number of carbonyl (C=O) groups is 1. The number of nitrogens with one attached hydrogen (secondary N) is 2. The van der Waals surface area contributed by atoms with Crippen molar-refractivity contribution in [2.45, 2.75) is 37.3 Å². The molecule has 2 fully saturated rings. The summed E-state index contributed by atoms with van der Waals surface area (Å²) < 4.78 is 0. The summed E-state index contributed by atoms with van der Waals surface area (Å²) in [7, 11) is 0. The molecule has 1 aromatic rings. The average molecular weight is 274 g/mol. The zero-order valence-corrected chi connectivity index (χ0v) is 11.6. The average Bonchev–Trinajstić information content (AvgIpc) is 2.50. The standard InChI is InChI=1S/C16H22N2O2/c19-14-6-9-16(15(20)18-14,12-4-2-1-3-5-12)13-7-10-17-11-8-13/h1-5,13,15,17,20H,6-11H2,(H,18,19). The Hall–Kier alpha value is -1.39. The van der Waals surface area contributed by atoms with Crippen LogP contribution in [0.1, 0.15) is 31.2 Å². The summed E-state index contributed by atoms with van der Waals surface area (Å²) in [6, 6.07) is 10.2. The van der Waals surface area contributed by atoms with Crippen molar-refractivity contribution in [2.24, 2.45) is 5.92 Å². The van der Waals surface area contributed by atoms with E-state index >= 15 is 0 Å². The van der Waals surface area contributed by atoms with Crippen LogP contribution in [0.15, 0.2) is 30.3 Å². The maximum Gasteiger partial charge on any atom is 0.222 e. The Balaban J connectivity index is 2.00. The van der Waals surface area contributed by atoms with Gasteiger partial charge in [-0.05, 0) is 43.8 Å². The maximum absolute atomic E-state index is 11.6. The topological polar surface area (TPSA) is 61.4 Å². The van der Waals surface area contributed by atoms with Crippen LogP contribution in [0.3, 0.4) is 0 Å². The largest absolute Gasteiger partial charge is 0.373 e. The van der Waals surface area contributed by atoms with Crippen LogP contribution in [0.25, 0.3) is 0 Å². The van der Waals surface area contributed by atoms with E-state index in [2.05, 4.69) is 22.8 Å². The number of rotatable bonds is 2. The van der Waals surface area contributed by atoms with Crippen LogP contribution in [0.4, 0.5) is 0 Å². The number of hydrogen-bond donors (Lipinski definition) is 3. The fraction of sp³-hybridized carbons (Fsp3) is 0.562. The van der Waals surface area contributed by atoms with Crippen molar-refractivity contribution < 1.29 is 9.90 Å². The molecule has 0 bridgehead atoms. The molecule has 0 saturated carbocycles. The molecule has 3 rings (SSSR count). The molecule has 20 heavy (non-hydrogen) atoms. The van der Waals surface area contributed by atoms with Gasteiger partial charge in [-0.1, -0.05) is 30.3 Å². The molecule has 2 saturated heterocycles. The first kappa shape index (κ1) is 13.6. The highest BCUT2D eigenvalue weighted by Gasteiger charge is 2.49. The van der Waals surface area contributed by atoms with Gasteiger partial charge in [0.1, 0.15) is 6.23 Å². The van der Waals surface area contributed by atoms with Gasteiger partial charge in [-0.2, -0.15) is 0 Å². The van der Waals surface area contributed by atoms with E-state index in [0.29, 0.717) is 12.3 Å². The normalized spacial score (nSPS) is 31.9. The minimum Gasteiger partial charge on any atom is -0.373 e. The number of hydrogen-bond acceptors (Lipinski definition) is 3. The third kappa shape index (κ3) is 2.23. The molecular formula is C16H22N2O2. The van der Waals surface area contributed by atoms with Crippen molar-refractivity contribution in [3.8, 4) is 0 Å². The Morgan fingerprint density at radius 2 is 1.85 bits per heavy atom. The lowest BCUT2D eigenvalue weighted by atomic mass is 9.62. The molecule has 4 heteroatoms. The minimum atomic E-state index is -0.783. The second-order valence-electron chi connectivity index (χ2n) is 5.90. The molecule has 2 unspecified atom stereocenters. The number of piperidine rings is 2. The molecule has 0 aliphatic carbocycles. The molecule has 4 nitrogen and oxygen atoms in total. The highest BCUT2D eigenvalue weighted by Crippen LogP contribution is 2.45. The van der Waals surface area contributed by atoms with Gasteiger partial charge in [-0.15, -0.1) is 0 Å². The fourth-order valence-corrected chi connectivity index (χ4v) is 3.86. The Labute approximate surface area is 119 Å². The van der Waals surface area contributed by atoms with Gasteiger partial charge >= 0.3 is 0 Å². The molecule has 2 aliphatic rings. The zero-order chi connectivity index (χ0) is 14.0. The number of benzene rings is 1. The summed E-state index contributed by atoms with van der Waals surface area (Å²) in [5, 5.41) is 16.8. The number of amides is 1. The van der Waals surface area contributed by atoms with Crippen LogP contribution < -0.4 is 10.6 Å². The van der Waals surface area contributed by atoms with Crippen LogP contribution in [0.5, 0.6) is 0 Å². The fourth-order valence-electron chi connectivity index (χ4n) is 3.86. The molecule has 2 aliphatic heterocycles. The van der Waals surface area contributed by atoms with E-state index < -0.39 is 6.23 Å². The van der Waals surface area contributed by atoms with E-state index in [1.165, 1.54) is 0 Å². The minimum absolute atomic E-state index is 0.0435. The van der Waals surface area contributed by atoms with Crippen LogP contribution >= 0.6 is 0 Å². The van der Waals surface area contributed by atoms with E-state index in [0.717, 1.165) is 37.9 Å². The molecule has 2 atom stereocenters. The Kier molecular flexibility index (Phi) is 3.76.